The van der Waals surface area contributed by atoms with Crippen molar-refractivity contribution in [3.63, 3.8) is 0 Å². The van der Waals surface area contributed by atoms with Gasteiger partial charge in [-0.05, 0) is 18.4 Å². The van der Waals surface area contributed by atoms with Gasteiger partial charge in [0.15, 0.2) is 0 Å². The molecule has 60 valence electrons. The summed E-state index contributed by atoms with van der Waals surface area (Å²) < 4.78 is 5.72. The van der Waals surface area contributed by atoms with E-state index < -0.39 is 0 Å². The van der Waals surface area contributed by atoms with E-state index in [1.807, 2.05) is 17.5 Å². The van der Waals surface area contributed by atoms with Crippen molar-refractivity contribution < 1.29 is 9.53 Å². The Labute approximate surface area is 73.6 Å². The molecule has 0 N–H and O–H groups in total. The van der Waals surface area contributed by atoms with Crippen molar-refractivity contribution in [2.24, 2.45) is 0 Å². The number of ether oxygens (including phenoxy) is 1. The van der Waals surface area contributed by atoms with Crippen molar-refractivity contribution in [1.82, 2.24) is 0 Å². The molecule has 0 radical (unpaired) electrons. The Hall–Kier alpha value is -0.480. The summed E-state index contributed by atoms with van der Waals surface area (Å²) in [5.74, 6) is 0. The van der Waals surface area contributed by atoms with E-state index in [9.17, 15) is 4.79 Å². The summed E-state index contributed by atoms with van der Waals surface area (Å²) in [5, 5.41) is 1.71. The summed E-state index contributed by atoms with van der Waals surface area (Å²) in [7, 11) is 0. The van der Waals surface area contributed by atoms with Crippen LogP contribution in [0.4, 0.5) is 4.79 Å². The minimum atomic E-state index is -0.227. The molecule has 11 heavy (non-hydrogen) atoms. The summed E-state index contributed by atoms with van der Waals surface area (Å²) in [5.41, 5.74) is 0. The fraction of sp³-hybridized carbons (Fsp3) is 0.286. The van der Waals surface area contributed by atoms with Gasteiger partial charge in [0.25, 0.3) is 0 Å². The monoisotopic (exact) mass is 188 g/mol. The second-order valence-electron chi connectivity index (χ2n) is 1.72. The molecule has 1 heterocycles. The van der Waals surface area contributed by atoms with Gasteiger partial charge in [-0.25, -0.2) is 4.79 Å². The fourth-order valence-electron chi connectivity index (χ4n) is 0.551. The van der Waals surface area contributed by atoms with Crippen LogP contribution in [0.2, 0.25) is 0 Å². The Bertz CT molecular complexity index is 218. The second-order valence-corrected chi connectivity index (χ2v) is 3.90. The lowest BCUT2D eigenvalue weighted by molar-refractivity contribution is 0.181. The number of thioether (sulfide) groups is 1. The van der Waals surface area contributed by atoms with Gasteiger partial charge >= 0.3 is 5.30 Å². The van der Waals surface area contributed by atoms with Crippen LogP contribution >= 0.6 is 23.1 Å². The molecule has 0 aromatic carbocycles. The highest BCUT2D eigenvalue weighted by Gasteiger charge is 2.04. The molecule has 1 rings (SSSR count). The number of hydrogen-bond donors (Lipinski definition) is 0. The molecular weight excluding hydrogens is 180 g/mol. The first-order chi connectivity index (χ1) is 5.33. The van der Waals surface area contributed by atoms with Crippen LogP contribution in [0.5, 0.6) is 0 Å². The van der Waals surface area contributed by atoms with Gasteiger partial charge in [0.05, 0.1) is 10.8 Å². The Morgan fingerprint density at radius 3 is 3.18 bits per heavy atom. The Morgan fingerprint density at radius 1 is 1.82 bits per heavy atom. The van der Waals surface area contributed by atoms with Crippen molar-refractivity contribution in [3.05, 3.63) is 17.5 Å². The lowest BCUT2D eigenvalue weighted by atomic mass is 10.7. The second kappa shape index (κ2) is 4.41. The minimum absolute atomic E-state index is 0.227. The molecule has 0 saturated carbocycles. The quantitative estimate of drug-likeness (QED) is 0.527. The van der Waals surface area contributed by atoms with Crippen molar-refractivity contribution in [1.29, 1.82) is 0 Å². The van der Waals surface area contributed by atoms with E-state index in [-0.39, 0.29) is 5.30 Å². The zero-order chi connectivity index (χ0) is 8.10. The average Bonchev–Trinajstić information content (AvgIpc) is 2.40. The lowest BCUT2D eigenvalue weighted by Crippen LogP contribution is -1.94. The molecule has 4 heteroatoms. The van der Waals surface area contributed by atoms with Gasteiger partial charge in [-0.2, -0.15) is 0 Å². The zero-order valence-electron chi connectivity index (χ0n) is 6.07. The fourth-order valence-corrected chi connectivity index (χ4v) is 2.05. The molecule has 0 aliphatic heterocycles. The first-order valence-electron chi connectivity index (χ1n) is 3.21. The third-order valence-electron chi connectivity index (χ3n) is 0.941. The smallest absolute Gasteiger partial charge is 0.372 e. The van der Waals surface area contributed by atoms with E-state index in [1.165, 1.54) is 11.3 Å². The van der Waals surface area contributed by atoms with Crippen LogP contribution in [0.1, 0.15) is 6.92 Å². The molecule has 0 spiro atoms. The predicted octanol–water partition coefficient (Wildman–Crippen LogP) is 3.00. The van der Waals surface area contributed by atoms with E-state index in [2.05, 4.69) is 0 Å². The highest BCUT2D eigenvalue weighted by Crippen LogP contribution is 2.24. The molecule has 1 aromatic heterocycles. The van der Waals surface area contributed by atoms with Crippen LogP contribution in [0.25, 0.3) is 0 Å². The largest absolute Gasteiger partial charge is 0.458 e. The highest BCUT2D eigenvalue weighted by molar-refractivity contribution is 8.14. The molecule has 0 atom stereocenters. The summed E-state index contributed by atoms with van der Waals surface area (Å²) in [4.78, 5) is 10.9. The summed E-state index contributed by atoms with van der Waals surface area (Å²) in [6.45, 7) is 2.24. The SMILES string of the molecule is CCOC(=O)Sc1cccs1. The van der Waals surface area contributed by atoms with Crippen molar-refractivity contribution in [2.75, 3.05) is 6.61 Å². The number of thiophene rings is 1. The maximum atomic E-state index is 10.9. The molecule has 0 amide bonds. The highest BCUT2D eigenvalue weighted by atomic mass is 32.2. The summed E-state index contributed by atoms with van der Waals surface area (Å²) in [6.07, 6.45) is 0. The van der Waals surface area contributed by atoms with E-state index >= 15 is 0 Å². The summed E-state index contributed by atoms with van der Waals surface area (Å²) in [6, 6.07) is 3.80. The van der Waals surface area contributed by atoms with E-state index in [1.54, 1.807) is 6.92 Å². The van der Waals surface area contributed by atoms with Crippen LogP contribution in [0.15, 0.2) is 21.7 Å². The molecular formula is C7H8O2S2. The van der Waals surface area contributed by atoms with Gasteiger partial charge in [0, 0.05) is 11.8 Å². The maximum Gasteiger partial charge on any atom is 0.372 e. The Morgan fingerprint density at radius 2 is 2.64 bits per heavy atom. The molecule has 0 unspecified atom stereocenters. The van der Waals surface area contributed by atoms with Gasteiger partial charge in [-0.3, -0.25) is 0 Å². The third kappa shape index (κ3) is 2.95. The van der Waals surface area contributed by atoms with Crippen LogP contribution < -0.4 is 0 Å². The summed E-state index contributed by atoms with van der Waals surface area (Å²) >= 11 is 2.67. The normalized spacial score (nSPS) is 9.55. The van der Waals surface area contributed by atoms with Crippen LogP contribution in [0, 0.1) is 0 Å². The molecule has 2 nitrogen and oxygen atoms in total. The lowest BCUT2D eigenvalue weighted by Gasteiger charge is -1.96. The molecule has 0 fully saturated rings. The Kier molecular flexibility index (Phi) is 3.45. The third-order valence-corrected chi connectivity index (χ3v) is 2.76. The molecule has 0 bridgehead atoms. The first-order valence-corrected chi connectivity index (χ1v) is 4.90. The standard InChI is InChI=1S/C7H8O2S2/c1-2-9-7(8)11-6-4-3-5-10-6/h3-5H,2H2,1H3. The van der Waals surface area contributed by atoms with Gasteiger partial charge < -0.3 is 4.74 Å². The van der Waals surface area contributed by atoms with Crippen molar-refractivity contribution in [3.8, 4) is 0 Å². The molecule has 0 aliphatic carbocycles. The predicted molar refractivity (Wildman–Crippen MR) is 47.2 cm³/mol. The van der Waals surface area contributed by atoms with Crippen LogP contribution in [-0.4, -0.2) is 11.9 Å². The van der Waals surface area contributed by atoms with Crippen LogP contribution in [0.3, 0.4) is 0 Å². The van der Waals surface area contributed by atoms with Gasteiger partial charge in [-0.15, -0.1) is 11.3 Å². The number of carbonyl (C=O) groups excluding carboxylic acids is 1. The van der Waals surface area contributed by atoms with Gasteiger partial charge in [0.1, 0.15) is 0 Å². The van der Waals surface area contributed by atoms with Crippen molar-refractivity contribution >= 4 is 28.4 Å². The molecule has 0 aliphatic rings. The van der Waals surface area contributed by atoms with Gasteiger partial charge in [-0.1, -0.05) is 6.07 Å². The minimum Gasteiger partial charge on any atom is -0.458 e. The topological polar surface area (TPSA) is 26.3 Å². The van der Waals surface area contributed by atoms with E-state index in [4.69, 9.17) is 4.74 Å². The first kappa shape index (κ1) is 8.62. The Balaban J connectivity index is 2.37. The van der Waals surface area contributed by atoms with Crippen molar-refractivity contribution in [2.45, 2.75) is 11.1 Å². The van der Waals surface area contributed by atoms with E-state index in [0.29, 0.717) is 6.61 Å². The van der Waals surface area contributed by atoms with E-state index in [0.717, 1.165) is 16.0 Å². The zero-order valence-corrected chi connectivity index (χ0v) is 7.71. The number of hydrogen-bond acceptors (Lipinski definition) is 4. The van der Waals surface area contributed by atoms with Crippen LogP contribution in [-0.2, 0) is 4.74 Å². The number of rotatable bonds is 2. The van der Waals surface area contributed by atoms with Gasteiger partial charge in [0.2, 0.25) is 0 Å². The molecule has 1 aromatic rings. The average molecular weight is 188 g/mol. The molecule has 0 saturated heterocycles. The number of carbonyl (C=O) groups is 1. The maximum absolute atomic E-state index is 10.9.